The number of carboxylic acid groups (broad SMARTS) is 1. The Balaban J connectivity index is 2.06. The van der Waals surface area contributed by atoms with E-state index in [4.69, 9.17) is 9.84 Å². The van der Waals surface area contributed by atoms with Crippen LogP contribution in [-0.2, 0) is 19.6 Å². The van der Waals surface area contributed by atoms with Gasteiger partial charge in [-0.3, -0.25) is 9.59 Å². The molecular formula is C13H18N2O6S2. The summed E-state index contributed by atoms with van der Waals surface area (Å²) < 4.78 is 31.7. The zero-order chi connectivity index (χ0) is 16.9. The Morgan fingerprint density at radius 2 is 2.04 bits per heavy atom. The van der Waals surface area contributed by atoms with E-state index >= 15 is 0 Å². The molecule has 2 heterocycles. The third kappa shape index (κ3) is 4.50. The molecule has 1 saturated heterocycles. The SMILES string of the molecule is O=C(O)CCCNC(=O)c1sccc1S(=O)(=O)N1CCOCC1. The van der Waals surface area contributed by atoms with Gasteiger partial charge in [0.2, 0.25) is 10.0 Å². The number of hydrogen-bond donors (Lipinski definition) is 2. The molecule has 0 spiro atoms. The van der Waals surface area contributed by atoms with Crippen LogP contribution >= 0.6 is 11.3 Å². The summed E-state index contributed by atoms with van der Waals surface area (Å²) in [5.74, 6) is -1.44. The minimum absolute atomic E-state index is 0.0138. The zero-order valence-electron chi connectivity index (χ0n) is 12.4. The smallest absolute Gasteiger partial charge is 0.303 e. The number of rotatable bonds is 7. The number of carboxylic acids is 1. The van der Waals surface area contributed by atoms with Crippen LogP contribution in [0.15, 0.2) is 16.3 Å². The monoisotopic (exact) mass is 362 g/mol. The number of carbonyl (C=O) groups is 2. The molecule has 0 bridgehead atoms. The number of ether oxygens (including phenoxy) is 1. The lowest BCUT2D eigenvalue weighted by Crippen LogP contribution is -2.41. The summed E-state index contributed by atoms with van der Waals surface area (Å²) in [6.45, 7) is 1.37. The molecule has 1 aromatic rings. The van der Waals surface area contributed by atoms with Crippen molar-refractivity contribution in [2.45, 2.75) is 17.7 Å². The van der Waals surface area contributed by atoms with E-state index in [-0.39, 0.29) is 42.2 Å². The molecule has 0 unspecified atom stereocenters. The van der Waals surface area contributed by atoms with Crippen LogP contribution in [0, 0.1) is 0 Å². The van der Waals surface area contributed by atoms with Gasteiger partial charge in [0.05, 0.1) is 13.2 Å². The van der Waals surface area contributed by atoms with Crippen molar-refractivity contribution in [1.82, 2.24) is 9.62 Å². The Morgan fingerprint density at radius 1 is 1.35 bits per heavy atom. The van der Waals surface area contributed by atoms with Gasteiger partial charge in [-0.15, -0.1) is 11.3 Å². The highest BCUT2D eigenvalue weighted by Gasteiger charge is 2.31. The first-order valence-corrected chi connectivity index (χ1v) is 9.40. The van der Waals surface area contributed by atoms with Crippen molar-refractivity contribution in [2.24, 2.45) is 0 Å². The van der Waals surface area contributed by atoms with E-state index in [9.17, 15) is 18.0 Å². The van der Waals surface area contributed by atoms with Crippen LogP contribution in [0.5, 0.6) is 0 Å². The largest absolute Gasteiger partial charge is 0.481 e. The van der Waals surface area contributed by atoms with Gasteiger partial charge in [-0.25, -0.2) is 8.42 Å². The summed E-state index contributed by atoms with van der Waals surface area (Å²) in [5, 5.41) is 12.7. The molecule has 2 rings (SSSR count). The lowest BCUT2D eigenvalue weighted by molar-refractivity contribution is -0.137. The predicted octanol–water partition coefficient (Wildman–Crippen LogP) is 0.364. The quantitative estimate of drug-likeness (QED) is 0.677. The molecule has 1 aliphatic rings. The van der Waals surface area contributed by atoms with Crippen molar-refractivity contribution < 1.29 is 27.9 Å². The van der Waals surface area contributed by atoms with Gasteiger partial charge in [-0.1, -0.05) is 0 Å². The fourth-order valence-corrected chi connectivity index (χ4v) is 4.84. The maximum atomic E-state index is 12.6. The van der Waals surface area contributed by atoms with Crippen LogP contribution in [-0.4, -0.2) is 62.6 Å². The van der Waals surface area contributed by atoms with Gasteiger partial charge >= 0.3 is 5.97 Å². The Morgan fingerprint density at radius 3 is 2.70 bits per heavy atom. The average Bonchev–Trinajstić information content (AvgIpc) is 3.02. The van der Waals surface area contributed by atoms with Crippen LogP contribution in [0.3, 0.4) is 0 Å². The first-order chi connectivity index (χ1) is 10.9. The van der Waals surface area contributed by atoms with Crippen molar-refractivity contribution in [2.75, 3.05) is 32.8 Å². The summed E-state index contributed by atoms with van der Waals surface area (Å²) in [6, 6.07) is 1.42. The summed E-state index contributed by atoms with van der Waals surface area (Å²) in [4.78, 5) is 22.7. The molecule has 10 heteroatoms. The third-order valence-electron chi connectivity index (χ3n) is 3.28. The second-order valence-corrected chi connectivity index (χ2v) is 7.71. The molecule has 0 aromatic carbocycles. The molecule has 0 aliphatic carbocycles. The second kappa shape index (κ2) is 7.86. The number of nitrogens with one attached hydrogen (secondary N) is 1. The van der Waals surface area contributed by atoms with Crippen molar-refractivity contribution in [3.63, 3.8) is 0 Å². The number of aliphatic carboxylic acids is 1. The first-order valence-electron chi connectivity index (χ1n) is 7.08. The Bertz CT molecular complexity index is 664. The summed E-state index contributed by atoms with van der Waals surface area (Å²) in [6.07, 6.45) is 0.238. The molecule has 1 amide bonds. The van der Waals surface area contributed by atoms with Gasteiger partial charge in [-0.2, -0.15) is 4.31 Å². The van der Waals surface area contributed by atoms with Crippen LogP contribution in [0.4, 0.5) is 0 Å². The molecule has 0 radical (unpaired) electrons. The van der Waals surface area contributed by atoms with Gasteiger partial charge < -0.3 is 15.2 Å². The molecular weight excluding hydrogens is 344 g/mol. The van der Waals surface area contributed by atoms with Crippen molar-refractivity contribution in [1.29, 1.82) is 0 Å². The average molecular weight is 362 g/mol. The minimum Gasteiger partial charge on any atom is -0.481 e. The fourth-order valence-electron chi connectivity index (χ4n) is 2.11. The van der Waals surface area contributed by atoms with Crippen LogP contribution in [0.2, 0.25) is 0 Å². The lowest BCUT2D eigenvalue weighted by atomic mass is 10.3. The van der Waals surface area contributed by atoms with Gasteiger partial charge in [-0.05, 0) is 17.9 Å². The maximum absolute atomic E-state index is 12.6. The number of sulfonamides is 1. The first kappa shape index (κ1) is 17.9. The minimum atomic E-state index is -3.73. The molecule has 1 fully saturated rings. The van der Waals surface area contributed by atoms with Crippen LogP contribution < -0.4 is 5.32 Å². The van der Waals surface area contributed by atoms with Gasteiger partial charge in [0.25, 0.3) is 5.91 Å². The van der Waals surface area contributed by atoms with Crippen molar-refractivity contribution in [3.05, 3.63) is 16.3 Å². The molecule has 0 saturated carbocycles. The Hall–Kier alpha value is -1.49. The molecule has 23 heavy (non-hydrogen) atoms. The van der Waals surface area contributed by atoms with Crippen LogP contribution in [0.25, 0.3) is 0 Å². The number of carbonyl (C=O) groups excluding carboxylic acids is 1. The highest BCUT2D eigenvalue weighted by atomic mass is 32.2. The predicted molar refractivity (Wildman–Crippen MR) is 83.1 cm³/mol. The number of morpholine rings is 1. The van der Waals surface area contributed by atoms with Gasteiger partial charge in [0, 0.05) is 26.1 Å². The number of hydrogen-bond acceptors (Lipinski definition) is 6. The molecule has 8 nitrogen and oxygen atoms in total. The van der Waals surface area contributed by atoms with Crippen LogP contribution in [0.1, 0.15) is 22.5 Å². The highest BCUT2D eigenvalue weighted by Crippen LogP contribution is 2.25. The fraction of sp³-hybridized carbons (Fsp3) is 0.538. The standard InChI is InChI=1S/C13H18N2O6S2/c16-11(17)2-1-4-14-13(18)12-10(3-9-22-12)23(19,20)15-5-7-21-8-6-15/h3,9H,1-2,4-8H2,(H,14,18)(H,16,17). The zero-order valence-corrected chi connectivity index (χ0v) is 14.0. The van der Waals surface area contributed by atoms with E-state index in [2.05, 4.69) is 5.32 Å². The maximum Gasteiger partial charge on any atom is 0.303 e. The van der Waals surface area contributed by atoms with E-state index in [0.717, 1.165) is 11.3 Å². The Kier molecular flexibility index (Phi) is 6.10. The van der Waals surface area contributed by atoms with Crippen molar-refractivity contribution in [3.8, 4) is 0 Å². The van der Waals surface area contributed by atoms with E-state index < -0.39 is 21.9 Å². The number of thiophene rings is 1. The van der Waals surface area contributed by atoms with Crippen molar-refractivity contribution >= 4 is 33.2 Å². The normalized spacial score (nSPS) is 16.2. The highest BCUT2D eigenvalue weighted by molar-refractivity contribution is 7.89. The molecule has 2 N–H and O–H groups in total. The number of amides is 1. The Labute approximate surface area is 138 Å². The topological polar surface area (TPSA) is 113 Å². The molecule has 1 aromatic heterocycles. The third-order valence-corrected chi connectivity index (χ3v) is 6.26. The molecule has 1 aliphatic heterocycles. The number of nitrogens with zero attached hydrogens (tertiary/aromatic N) is 1. The lowest BCUT2D eigenvalue weighted by Gasteiger charge is -2.26. The summed E-state index contributed by atoms with van der Waals surface area (Å²) in [5.41, 5.74) is 0. The van der Waals surface area contributed by atoms with Gasteiger partial charge in [0.1, 0.15) is 9.77 Å². The van der Waals surface area contributed by atoms with E-state index in [1.54, 1.807) is 5.38 Å². The van der Waals surface area contributed by atoms with E-state index in [0.29, 0.717) is 13.2 Å². The summed E-state index contributed by atoms with van der Waals surface area (Å²) in [7, 11) is -3.73. The van der Waals surface area contributed by atoms with E-state index in [1.807, 2.05) is 0 Å². The molecule has 0 atom stereocenters. The van der Waals surface area contributed by atoms with E-state index in [1.165, 1.54) is 10.4 Å². The van der Waals surface area contributed by atoms with Gasteiger partial charge in [0.15, 0.2) is 0 Å². The molecule has 128 valence electrons. The summed E-state index contributed by atoms with van der Waals surface area (Å²) >= 11 is 1.05. The second-order valence-electron chi connectivity index (χ2n) is 4.88.